The molecule has 26 heavy (non-hydrogen) atoms. The van der Waals surface area contributed by atoms with Crippen molar-refractivity contribution in [2.24, 2.45) is 11.7 Å². The lowest BCUT2D eigenvalue weighted by Crippen LogP contribution is -2.45. The Kier molecular flexibility index (Phi) is 9.07. The van der Waals surface area contributed by atoms with E-state index in [-0.39, 0.29) is 42.8 Å². The third-order valence-electron chi connectivity index (χ3n) is 5.30. The highest BCUT2D eigenvalue weighted by Gasteiger charge is 2.28. The minimum absolute atomic E-state index is 0. The number of carbonyl (C=O) groups is 1. The minimum atomic E-state index is 0. The Hall–Kier alpha value is -1.11. The molecule has 0 unspecified atom stereocenters. The van der Waals surface area contributed by atoms with Gasteiger partial charge >= 0.3 is 0 Å². The molecule has 3 N–H and O–H groups in total. The van der Waals surface area contributed by atoms with Crippen LogP contribution in [-0.4, -0.2) is 41.0 Å². The van der Waals surface area contributed by atoms with Gasteiger partial charge in [-0.25, -0.2) is 9.97 Å². The lowest BCUT2D eigenvalue weighted by atomic mass is 9.98. The number of hydrogen-bond donors (Lipinski definition) is 2. The summed E-state index contributed by atoms with van der Waals surface area (Å²) in [5.74, 6) is 2.36. The van der Waals surface area contributed by atoms with Crippen LogP contribution in [0.5, 0.6) is 0 Å². The molecule has 1 saturated heterocycles. The Morgan fingerprint density at radius 2 is 1.88 bits per heavy atom. The smallest absolute Gasteiger partial charge is 0.220 e. The first kappa shape index (κ1) is 22.9. The number of nitrogens with one attached hydrogen (secondary N) is 1. The van der Waals surface area contributed by atoms with Crippen molar-refractivity contribution in [2.45, 2.75) is 64.5 Å². The second kappa shape index (κ2) is 10.3. The highest BCUT2D eigenvalue weighted by Crippen LogP contribution is 2.27. The van der Waals surface area contributed by atoms with Gasteiger partial charge in [0.05, 0.1) is 0 Å². The number of carbonyl (C=O) groups excluding carboxylic acids is 1. The average Bonchev–Trinajstić information content (AvgIpc) is 2.92. The van der Waals surface area contributed by atoms with Crippen molar-refractivity contribution < 1.29 is 4.79 Å². The van der Waals surface area contributed by atoms with E-state index in [9.17, 15) is 4.79 Å². The summed E-state index contributed by atoms with van der Waals surface area (Å²) in [6, 6.07) is 2.52. The summed E-state index contributed by atoms with van der Waals surface area (Å²) in [5.41, 5.74) is 7.07. The molecule has 0 spiro atoms. The quantitative estimate of drug-likeness (QED) is 0.806. The molecule has 148 valence electrons. The molecular formula is C18H31Cl2N5O. The molecule has 0 aromatic carbocycles. The fourth-order valence-corrected chi connectivity index (χ4v) is 3.96. The van der Waals surface area contributed by atoms with E-state index in [1.807, 2.05) is 19.9 Å². The number of rotatable bonds is 4. The van der Waals surface area contributed by atoms with E-state index in [1.54, 1.807) is 0 Å². The number of anilines is 1. The second-order valence-corrected chi connectivity index (χ2v) is 7.30. The molecule has 1 aromatic heterocycles. The predicted molar refractivity (Wildman–Crippen MR) is 109 cm³/mol. The average molecular weight is 404 g/mol. The first-order valence-electron chi connectivity index (χ1n) is 9.13. The molecule has 1 amide bonds. The Morgan fingerprint density at radius 1 is 1.19 bits per heavy atom. The summed E-state index contributed by atoms with van der Waals surface area (Å²) in [7, 11) is 0. The van der Waals surface area contributed by atoms with Gasteiger partial charge in [0.1, 0.15) is 11.6 Å². The molecule has 3 rings (SSSR count). The zero-order valence-corrected chi connectivity index (χ0v) is 17.2. The summed E-state index contributed by atoms with van der Waals surface area (Å²) in [6.45, 7) is 5.77. The Labute approximate surface area is 168 Å². The highest BCUT2D eigenvalue weighted by atomic mass is 35.5. The lowest BCUT2D eigenvalue weighted by Gasteiger charge is -2.33. The van der Waals surface area contributed by atoms with Crippen LogP contribution in [0.3, 0.4) is 0 Å². The summed E-state index contributed by atoms with van der Waals surface area (Å²) in [6.07, 6.45) is 5.84. The second-order valence-electron chi connectivity index (χ2n) is 7.30. The van der Waals surface area contributed by atoms with Gasteiger partial charge in [-0.3, -0.25) is 4.79 Å². The summed E-state index contributed by atoms with van der Waals surface area (Å²) in [4.78, 5) is 23.4. The van der Waals surface area contributed by atoms with E-state index < -0.39 is 0 Å². The SMILES string of the molecule is Cc1cc(N2CCC(NC(=O)C[C@@H]3CCC[C@H]3N)CC2)nc(C)n1.Cl.Cl. The number of nitrogens with two attached hydrogens (primary N) is 1. The van der Waals surface area contributed by atoms with Crippen molar-refractivity contribution in [2.75, 3.05) is 18.0 Å². The number of piperidine rings is 1. The summed E-state index contributed by atoms with van der Waals surface area (Å²) >= 11 is 0. The van der Waals surface area contributed by atoms with Crippen molar-refractivity contribution in [3.63, 3.8) is 0 Å². The van der Waals surface area contributed by atoms with Crippen LogP contribution in [0.1, 0.15) is 50.0 Å². The first-order chi connectivity index (χ1) is 11.5. The van der Waals surface area contributed by atoms with Crippen molar-refractivity contribution in [3.05, 3.63) is 17.6 Å². The van der Waals surface area contributed by atoms with Gasteiger partial charge in [-0.05, 0) is 45.4 Å². The maximum atomic E-state index is 12.3. The number of halogens is 2. The van der Waals surface area contributed by atoms with Crippen molar-refractivity contribution in [1.82, 2.24) is 15.3 Å². The molecule has 2 aliphatic rings. The van der Waals surface area contributed by atoms with Crippen LogP contribution in [0.2, 0.25) is 0 Å². The molecule has 1 aromatic rings. The molecule has 0 bridgehead atoms. The maximum absolute atomic E-state index is 12.3. The summed E-state index contributed by atoms with van der Waals surface area (Å²) < 4.78 is 0. The molecule has 0 radical (unpaired) electrons. The summed E-state index contributed by atoms with van der Waals surface area (Å²) in [5, 5.41) is 3.21. The van der Waals surface area contributed by atoms with Crippen LogP contribution in [0.4, 0.5) is 5.82 Å². The molecule has 1 saturated carbocycles. The number of amides is 1. The van der Waals surface area contributed by atoms with Crippen LogP contribution in [0.15, 0.2) is 6.07 Å². The molecule has 2 heterocycles. The van der Waals surface area contributed by atoms with E-state index in [1.165, 1.54) is 0 Å². The molecule has 2 atom stereocenters. The lowest BCUT2D eigenvalue weighted by molar-refractivity contribution is -0.122. The maximum Gasteiger partial charge on any atom is 0.220 e. The van der Waals surface area contributed by atoms with Crippen LogP contribution < -0.4 is 16.0 Å². The van der Waals surface area contributed by atoms with E-state index in [2.05, 4.69) is 20.2 Å². The normalized spacial score (nSPS) is 23.1. The zero-order chi connectivity index (χ0) is 17.1. The monoisotopic (exact) mass is 403 g/mol. The fourth-order valence-electron chi connectivity index (χ4n) is 3.96. The predicted octanol–water partition coefficient (Wildman–Crippen LogP) is 2.54. The van der Waals surface area contributed by atoms with Crippen molar-refractivity contribution >= 4 is 36.5 Å². The molecule has 1 aliphatic carbocycles. The van der Waals surface area contributed by atoms with Gasteiger partial charge in [0.25, 0.3) is 0 Å². The van der Waals surface area contributed by atoms with Gasteiger partial charge in [-0.15, -0.1) is 24.8 Å². The zero-order valence-electron chi connectivity index (χ0n) is 15.6. The minimum Gasteiger partial charge on any atom is -0.356 e. The first-order valence-corrected chi connectivity index (χ1v) is 9.13. The van der Waals surface area contributed by atoms with Gasteiger partial charge in [0.2, 0.25) is 5.91 Å². The van der Waals surface area contributed by atoms with E-state index in [4.69, 9.17) is 5.73 Å². The number of nitrogens with zero attached hydrogens (tertiary/aromatic N) is 3. The van der Waals surface area contributed by atoms with E-state index in [0.717, 1.165) is 62.5 Å². The standard InChI is InChI=1S/C18H29N5O.2ClH/c1-12-10-17(21-13(2)20-12)23-8-6-15(7-9-23)22-18(24)11-14-4-3-5-16(14)19;;/h10,14-16H,3-9,11,19H2,1-2H3,(H,22,24);2*1H/t14-,16+;;/m0../s1. The fraction of sp³-hybridized carbons (Fsp3) is 0.722. The highest BCUT2D eigenvalue weighted by molar-refractivity contribution is 5.85. The van der Waals surface area contributed by atoms with Gasteiger partial charge in [0, 0.05) is 43.4 Å². The third kappa shape index (κ3) is 5.96. The van der Waals surface area contributed by atoms with E-state index >= 15 is 0 Å². The van der Waals surface area contributed by atoms with Crippen LogP contribution in [-0.2, 0) is 4.79 Å². The van der Waals surface area contributed by atoms with Gasteiger partial charge < -0.3 is 16.0 Å². The van der Waals surface area contributed by atoms with Crippen LogP contribution in [0, 0.1) is 19.8 Å². The van der Waals surface area contributed by atoms with E-state index in [0.29, 0.717) is 12.3 Å². The third-order valence-corrected chi connectivity index (χ3v) is 5.30. The van der Waals surface area contributed by atoms with Crippen LogP contribution >= 0.6 is 24.8 Å². The number of aryl methyl sites for hydroxylation is 2. The molecule has 6 nitrogen and oxygen atoms in total. The van der Waals surface area contributed by atoms with Crippen LogP contribution in [0.25, 0.3) is 0 Å². The van der Waals surface area contributed by atoms with Gasteiger partial charge in [-0.1, -0.05) is 6.42 Å². The molecular weight excluding hydrogens is 373 g/mol. The Morgan fingerprint density at radius 3 is 2.46 bits per heavy atom. The topological polar surface area (TPSA) is 84.1 Å². The molecule has 1 aliphatic heterocycles. The Balaban J connectivity index is 0.00000169. The molecule has 2 fully saturated rings. The van der Waals surface area contributed by atoms with Crippen molar-refractivity contribution in [1.29, 1.82) is 0 Å². The van der Waals surface area contributed by atoms with Gasteiger partial charge in [0.15, 0.2) is 0 Å². The number of aromatic nitrogens is 2. The Bertz CT molecular complexity index is 573. The largest absolute Gasteiger partial charge is 0.356 e. The number of hydrogen-bond acceptors (Lipinski definition) is 5. The van der Waals surface area contributed by atoms with Crippen molar-refractivity contribution in [3.8, 4) is 0 Å². The van der Waals surface area contributed by atoms with Gasteiger partial charge in [-0.2, -0.15) is 0 Å². The molecule has 8 heteroatoms.